The van der Waals surface area contributed by atoms with Gasteiger partial charge in [0.2, 0.25) is 29.5 Å². The number of halogens is 1. The van der Waals surface area contributed by atoms with Crippen molar-refractivity contribution in [3.63, 3.8) is 0 Å². The van der Waals surface area contributed by atoms with Crippen LogP contribution in [-0.2, 0) is 24.6 Å². The second kappa shape index (κ2) is 13.7. The molecule has 1 aromatic heterocycles. The number of carbonyl (C=O) groups is 4. The Balaban J connectivity index is 1.12. The van der Waals surface area contributed by atoms with Gasteiger partial charge in [-0.2, -0.15) is 0 Å². The molecule has 3 heterocycles. The molecule has 1 saturated carbocycles. The zero-order valence-electron chi connectivity index (χ0n) is 31.9. The fraction of sp³-hybridized carbons (Fsp3) is 0.213. The summed E-state index contributed by atoms with van der Waals surface area (Å²) in [5.41, 5.74) is 2.63. The Labute approximate surface area is 343 Å². The Bertz CT molecular complexity index is 2730. The number of carbonyl (C=O) groups excluding carboxylic acids is 4. The monoisotopic (exact) mass is 805 g/mol. The first kappa shape index (κ1) is 36.6. The number of phenols is 1. The van der Waals surface area contributed by atoms with Gasteiger partial charge in [-0.1, -0.05) is 71.8 Å². The fourth-order valence-electron chi connectivity index (χ4n) is 10.2. The third kappa shape index (κ3) is 5.30. The lowest BCUT2D eigenvalue weighted by atomic mass is 9.49. The van der Waals surface area contributed by atoms with Gasteiger partial charge in [-0.05, 0) is 78.9 Å². The van der Waals surface area contributed by atoms with Gasteiger partial charge in [0.15, 0.2) is 5.58 Å². The molecule has 4 aliphatic rings. The number of nitrogens with zero attached hydrogens (tertiary/aromatic N) is 3. The van der Waals surface area contributed by atoms with Gasteiger partial charge in [-0.25, -0.2) is 9.88 Å². The number of oxazole rings is 1. The van der Waals surface area contributed by atoms with Crippen molar-refractivity contribution in [2.45, 2.75) is 24.2 Å². The van der Waals surface area contributed by atoms with Gasteiger partial charge in [0.1, 0.15) is 22.8 Å². The predicted octanol–water partition coefficient (Wildman–Crippen LogP) is 8.24. The Morgan fingerprint density at radius 2 is 1.54 bits per heavy atom. The van der Waals surface area contributed by atoms with Crippen LogP contribution in [-0.4, -0.2) is 47.9 Å². The zero-order chi connectivity index (χ0) is 40.7. The molecule has 10 rings (SSSR count). The number of allylic oxidation sites excluding steroid dienone is 2. The lowest BCUT2D eigenvalue weighted by molar-refractivity contribution is -0.127. The van der Waals surface area contributed by atoms with Crippen molar-refractivity contribution in [3.05, 3.63) is 143 Å². The van der Waals surface area contributed by atoms with Crippen molar-refractivity contribution in [2.75, 3.05) is 24.0 Å². The normalized spacial score (nSPS) is 24.9. The van der Waals surface area contributed by atoms with Crippen LogP contribution in [0.25, 0.3) is 22.6 Å². The Hall–Kier alpha value is -6.72. The van der Waals surface area contributed by atoms with Crippen LogP contribution in [0.3, 0.4) is 0 Å². The number of para-hydroxylation sites is 2. The smallest absolute Gasteiger partial charge is 0.246 e. The van der Waals surface area contributed by atoms with Crippen molar-refractivity contribution < 1.29 is 38.2 Å². The van der Waals surface area contributed by atoms with Crippen LogP contribution in [0.5, 0.6) is 17.2 Å². The van der Waals surface area contributed by atoms with E-state index in [1.807, 2.05) is 60.7 Å². The molecular weight excluding hydrogens is 770 g/mol. The van der Waals surface area contributed by atoms with E-state index in [0.717, 1.165) is 0 Å². The summed E-state index contributed by atoms with van der Waals surface area (Å²) >= 11 is 6.45. The Kier molecular flexibility index (Phi) is 8.50. The highest BCUT2D eigenvalue weighted by molar-refractivity contribution is 6.32. The van der Waals surface area contributed by atoms with E-state index in [-0.39, 0.29) is 35.8 Å². The maximum Gasteiger partial charge on any atom is 0.246 e. The van der Waals surface area contributed by atoms with Crippen LogP contribution in [0.15, 0.2) is 131 Å². The first-order chi connectivity index (χ1) is 28.6. The summed E-state index contributed by atoms with van der Waals surface area (Å²) in [5.74, 6) is -5.23. The molecule has 5 aromatic carbocycles. The average molecular weight is 806 g/mol. The lowest BCUT2D eigenvalue weighted by Crippen LogP contribution is -2.53. The van der Waals surface area contributed by atoms with E-state index in [2.05, 4.69) is 4.98 Å². The second-order valence-corrected chi connectivity index (χ2v) is 15.8. The molecule has 1 N–H and O–H groups in total. The van der Waals surface area contributed by atoms with Crippen molar-refractivity contribution in [2.24, 2.45) is 23.7 Å². The fourth-order valence-corrected chi connectivity index (χ4v) is 10.4. The summed E-state index contributed by atoms with van der Waals surface area (Å²) < 4.78 is 17.4. The van der Waals surface area contributed by atoms with Crippen LogP contribution in [0, 0.1) is 23.7 Å². The highest BCUT2D eigenvalue weighted by Gasteiger charge is 2.71. The van der Waals surface area contributed by atoms with Crippen LogP contribution in [0.2, 0.25) is 5.02 Å². The molecule has 3 fully saturated rings. The molecule has 12 heteroatoms. The van der Waals surface area contributed by atoms with Gasteiger partial charge in [-0.15, -0.1) is 0 Å². The predicted molar refractivity (Wildman–Crippen MR) is 219 cm³/mol. The van der Waals surface area contributed by atoms with Gasteiger partial charge in [0.25, 0.3) is 0 Å². The highest BCUT2D eigenvalue weighted by atomic mass is 35.5. The summed E-state index contributed by atoms with van der Waals surface area (Å²) in [6.07, 6.45) is 2.22. The highest BCUT2D eigenvalue weighted by Crippen LogP contribution is 2.66. The van der Waals surface area contributed by atoms with E-state index < -0.39 is 52.7 Å². The van der Waals surface area contributed by atoms with E-state index in [1.165, 1.54) is 30.1 Å². The molecule has 2 aliphatic heterocycles. The molecule has 6 atom stereocenters. The van der Waals surface area contributed by atoms with E-state index in [4.69, 9.17) is 25.5 Å². The lowest BCUT2D eigenvalue weighted by Gasteiger charge is -2.51. The second-order valence-electron chi connectivity index (χ2n) is 15.4. The molecule has 0 spiro atoms. The number of aromatic nitrogens is 1. The quantitative estimate of drug-likeness (QED) is 0.125. The molecule has 6 unspecified atom stereocenters. The molecule has 0 radical (unpaired) electrons. The van der Waals surface area contributed by atoms with Crippen LogP contribution >= 0.6 is 11.6 Å². The van der Waals surface area contributed by atoms with Crippen LogP contribution in [0.4, 0.5) is 11.4 Å². The maximum absolute atomic E-state index is 15.6. The number of methoxy groups -OCH3 is 2. The number of hydrogen-bond donors (Lipinski definition) is 1. The summed E-state index contributed by atoms with van der Waals surface area (Å²) in [6.45, 7) is 0. The summed E-state index contributed by atoms with van der Waals surface area (Å²) in [7, 11) is 2.93. The van der Waals surface area contributed by atoms with Crippen LogP contribution in [0.1, 0.15) is 29.9 Å². The van der Waals surface area contributed by atoms with E-state index in [1.54, 1.807) is 54.6 Å². The summed E-state index contributed by atoms with van der Waals surface area (Å²) in [6, 6.07) is 33.1. The number of ether oxygens (including phenoxy) is 2. The topological polar surface area (TPSA) is 139 Å². The van der Waals surface area contributed by atoms with E-state index in [0.29, 0.717) is 55.8 Å². The summed E-state index contributed by atoms with van der Waals surface area (Å²) in [4.78, 5) is 67.0. The Morgan fingerprint density at radius 3 is 2.27 bits per heavy atom. The third-order valence-corrected chi connectivity index (χ3v) is 12.9. The first-order valence-corrected chi connectivity index (χ1v) is 19.7. The third-order valence-electron chi connectivity index (χ3n) is 12.7. The number of rotatable bonds is 7. The minimum absolute atomic E-state index is 0.0861. The molecule has 294 valence electrons. The minimum Gasteiger partial charge on any atom is -0.507 e. The number of imide groups is 2. The van der Waals surface area contributed by atoms with E-state index >= 15 is 9.59 Å². The number of anilines is 2. The summed E-state index contributed by atoms with van der Waals surface area (Å²) in [5, 5.41) is 12.3. The molecule has 6 aromatic rings. The molecule has 0 bridgehead atoms. The van der Waals surface area contributed by atoms with Crippen molar-refractivity contribution >= 4 is 57.7 Å². The van der Waals surface area contributed by atoms with Gasteiger partial charge in [-0.3, -0.25) is 24.1 Å². The number of fused-ring (bicyclic) bond motifs is 5. The van der Waals surface area contributed by atoms with Gasteiger partial charge in [0, 0.05) is 34.2 Å². The van der Waals surface area contributed by atoms with Crippen LogP contribution < -0.4 is 19.3 Å². The SMILES string of the molecule is COc1cc(O)c(C2C3=CCC4C(=O)N(c5ccc(-c6nc7ccccc7o6)cc5)C(=O)C4C3CC3C(=O)N(c4cccc(Cl)c4)C(=O)C32c2ccccc2)c(OC)c1. The Morgan fingerprint density at radius 1 is 0.780 bits per heavy atom. The van der Waals surface area contributed by atoms with Gasteiger partial charge < -0.3 is 19.0 Å². The molecule has 59 heavy (non-hydrogen) atoms. The number of hydrogen-bond acceptors (Lipinski definition) is 9. The molecule has 2 aliphatic carbocycles. The number of phenolic OH excluding ortho intramolecular Hbond substituents is 1. The first-order valence-electron chi connectivity index (χ1n) is 19.3. The van der Waals surface area contributed by atoms with Crippen molar-refractivity contribution in [3.8, 4) is 28.7 Å². The molecule has 11 nitrogen and oxygen atoms in total. The van der Waals surface area contributed by atoms with Gasteiger partial charge in [0.05, 0.1) is 48.8 Å². The van der Waals surface area contributed by atoms with Gasteiger partial charge >= 0.3 is 0 Å². The van der Waals surface area contributed by atoms with Crippen molar-refractivity contribution in [1.29, 1.82) is 0 Å². The minimum atomic E-state index is -1.61. The molecule has 2 saturated heterocycles. The van der Waals surface area contributed by atoms with Crippen molar-refractivity contribution in [1.82, 2.24) is 4.98 Å². The number of benzene rings is 5. The zero-order valence-corrected chi connectivity index (χ0v) is 32.6. The van der Waals surface area contributed by atoms with E-state index in [9.17, 15) is 14.7 Å². The largest absolute Gasteiger partial charge is 0.507 e. The average Bonchev–Trinajstić information content (AvgIpc) is 3.87. The number of amides is 4. The molecular formula is C47H36ClN3O8. The molecule has 4 amide bonds. The number of aromatic hydroxyl groups is 1. The standard InChI is InChI=1S/C47H36ClN3O8/c1-57-30-22-36(52)40(38(23-30)58-2)41-31-19-20-32-39(45(55)50(43(32)53)28-17-15-25(16-18-28)42-49-35-13-6-7-14-37(35)59-42)33(31)24-34-44(54)51(29-12-8-11-27(48)21-29)46(56)47(34,41)26-9-4-3-5-10-26/h3-19,21-23,32-34,39,41,52H,20,24H2,1-2H3. The maximum atomic E-state index is 15.6.